The molecule has 9 nitrogen and oxygen atoms in total. The second-order valence-electron chi connectivity index (χ2n) is 18.9. The first-order valence-corrected chi connectivity index (χ1v) is 27.7. The Morgan fingerprint density at radius 2 is 0.591 bits per heavy atom. The average molecular weight is 933 g/mol. The van der Waals surface area contributed by atoms with Crippen LogP contribution in [0.25, 0.3) is 0 Å². The smallest absolute Gasteiger partial charge is 0.306 e. The summed E-state index contributed by atoms with van der Waals surface area (Å²) in [4.78, 5) is 38.1. The second kappa shape index (κ2) is 50.4. The standard InChI is InChI=1S/C57H104O9/c1-4-51(58)43-37-31-25-19-13-7-10-16-22-28-34-40-46-55(61)64-49-54(66-57(63)48-42-36-30-24-18-12-9-15-21-27-33-39-45-53(60)6-3)50-65-56(62)47-41-35-29-23-17-11-8-14-20-26-32-38-44-52(59)5-2/h7-9,13-15,51-54,58-60H,4-6,10-12,16-50H2,1-3H3/b13-7-,14-8-,15-9-. The average Bonchev–Trinajstić information content (AvgIpc) is 3.32. The van der Waals surface area contributed by atoms with Gasteiger partial charge in [0.2, 0.25) is 0 Å². The van der Waals surface area contributed by atoms with Crippen LogP contribution in [0.5, 0.6) is 0 Å². The molecule has 0 amide bonds. The van der Waals surface area contributed by atoms with Crippen LogP contribution in [0.15, 0.2) is 36.5 Å². The molecule has 3 N–H and O–H groups in total. The fourth-order valence-corrected chi connectivity index (χ4v) is 7.84. The van der Waals surface area contributed by atoms with E-state index < -0.39 is 6.10 Å². The van der Waals surface area contributed by atoms with Crippen LogP contribution in [-0.2, 0) is 28.6 Å². The van der Waals surface area contributed by atoms with Gasteiger partial charge in [0.15, 0.2) is 6.10 Å². The molecule has 0 fully saturated rings. The molecule has 3 unspecified atom stereocenters. The Morgan fingerprint density at radius 3 is 0.879 bits per heavy atom. The number of aliphatic hydroxyl groups excluding tert-OH is 3. The van der Waals surface area contributed by atoms with E-state index >= 15 is 0 Å². The lowest BCUT2D eigenvalue weighted by Crippen LogP contribution is -2.30. The van der Waals surface area contributed by atoms with E-state index in [9.17, 15) is 29.7 Å². The normalized spacial score (nSPS) is 13.7. The summed E-state index contributed by atoms with van der Waals surface area (Å²) in [5, 5.41) is 29.0. The van der Waals surface area contributed by atoms with Gasteiger partial charge in [-0.25, -0.2) is 0 Å². The highest BCUT2D eigenvalue weighted by Gasteiger charge is 2.19. The zero-order chi connectivity index (χ0) is 48.4. The van der Waals surface area contributed by atoms with Crippen molar-refractivity contribution in [2.75, 3.05) is 13.2 Å². The third kappa shape index (κ3) is 48.0. The Morgan fingerprint density at radius 1 is 0.348 bits per heavy atom. The van der Waals surface area contributed by atoms with Crippen molar-refractivity contribution in [1.29, 1.82) is 0 Å². The Hall–Kier alpha value is -2.49. The predicted octanol–water partition coefficient (Wildman–Crippen LogP) is 15.0. The number of ether oxygens (including phenoxy) is 3. The van der Waals surface area contributed by atoms with Gasteiger partial charge in [-0.15, -0.1) is 0 Å². The number of carbonyl (C=O) groups is 3. The third-order valence-electron chi connectivity index (χ3n) is 12.6. The lowest BCUT2D eigenvalue weighted by molar-refractivity contribution is -0.167. The molecular weight excluding hydrogens is 829 g/mol. The van der Waals surface area contributed by atoms with E-state index in [0.29, 0.717) is 12.8 Å². The van der Waals surface area contributed by atoms with Crippen LogP contribution < -0.4 is 0 Å². The Balaban J connectivity index is 4.43. The first-order valence-electron chi connectivity index (χ1n) is 27.7. The maximum atomic E-state index is 12.8. The first-order chi connectivity index (χ1) is 32.2. The van der Waals surface area contributed by atoms with Crippen LogP contribution in [0.1, 0.15) is 271 Å². The molecular formula is C57H104O9. The molecule has 0 heterocycles. The van der Waals surface area contributed by atoms with Crippen molar-refractivity contribution < 1.29 is 43.9 Å². The highest BCUT2D eigenvalue weighted by atomic mass is 16.6. The molecule has 9 heteroatoms. The molecule has 0 aromatic carbocycles. The summed E-state index contributed by atoms with van der Waals surface area (Å²) in [5.41, 5.74) is 0. The van der Waals surface area contributed by atoms with E-state index in [0.717, 1.165) is 193 Å². The van der Waals surface area contributed by atoms with Crippen molar-refractivity contribution >= 4 is 17.9 Å². The van der Waals surface area contributed by atoms with Gasteiger partial charge in [-0.2, -0.15) is 0 Å². The molecule has 0 rings (SSSR count). The van der Waals surface area contributed by atoms with E-state index in [1.165, 1.54) is 38.5 Å². The molecule has 0 saturated carbocycles. The number of unbranched alkanes of at least 4 members (excludes halogenated alkanes) is 24. The van der Waals surface area contributed by atoms with E-state index in [1.54, 1.807) is 0 Å². The second-order valence-corrected chi connectivity index (χ2v) is 18.9. The largest absolute Gasteiger partial charge is 0.462 e. The highest BCUT2D eigenvalue weighted by Crippen LogP contribution is 2.15. The number of rotatable bonds is 50. The molecule has 0 aromatic heterocycles. The van der Waals surface area contributed by atoms with Gasteiger partial charge in [0.05, 0.1) is 18.3 Å². The molecule has 0 aliphatic heterocycles. The van der Waals surface area contributed by atoms with Crippen molar-refractivity contribution in [1.82, 2.24) is 0 Å². The lowest BCUT2D eigenvalue weighted by atomic mass is 10.1. The summed E-state index contributed by atoms with van der Waals surface area (Å²) in [6.07, 6.45) is 50.7. The third-order valence-corrected chi connectivity index (χ3v) is 12.6. The van der Waals surface area contributed by atoms with Crippen LogP contribution >= 0.6 is 0 Å². The first kappa shape index (κ1) is 63.5. The zero-order valence-corrected chi connectivity index (χ0v) is 43.1. The van der Waals surface area contributed by atoms with Crippen LogP contribution in [-0.4, -0.2) is 70.9 Å². The molecule has 0 spiro atoms. The predicted molar refractivity (Wildman–Crippen MR) is 274 cm³/mol. The number of hydrogen-bond donors (Lipinski definition) is 3. The minimum Gasteiger partial charge on any atom is -0.462 e. The minimum atomic E-state index is -0.816. The van der Waals surface area contributed by atoms with Gasteiger partial charge in [-0.3, -0.25) is 14.4 Å². The summed E-state index contributed by atoms with van der Waals surface area (Å²) < 4.78 is 16.8. The van der Waals surface area contributed by atoms with E-state index in [1.807, 2.05) is 20.8 Å². The summed E-state index contributed by atoms with van der Waals surface area (Å²) in [6, 6.07) is 0. The maximum Gasteiger partial charge on any atom is 0.306 e. The van der Waals surface area contributed by atoms with Crippen LogP contribution in [0.4, 0.5) is 0 Å². The number of esters is 3. The molecule has 386 valence electrons. The molecule has 0 aromatic rings. The number of allylic oxidation sites excluding steroid dienone is 6. The highest BCUT2D eigenvalue weighted by molar-refractivity contribution is 5.71. The zero-order valence-electron chi connectivity index (χ0n) is 43.1. The molecule has 0 aliphatic rings. The molecule has 0 radical (unpaired) electrons. The Labute approximate surface area is 405 Å². The number of hydrogen-bond acceptors (Lipinski definition) is 9. The molecule has 0 saturated heterocycles. The molecule has 66 heavy (non-hydrogen) atoms. The SMILES string of the molecule is CCC(O)CCCCC/C=C\CCCCCCCC(=O)OCC(COC(=O)CCCCCCC/C=C\CCCCCC(O)CC)OC(=O)CCCCCCC/C=C\CCCCCC(O)CC. The molecule has 0 bridgehead atoms. The Kier molecular flexibility index (Phi) is 48.5. The van der Waals surface area contributed by atoms with Crippen LogP contribution in [0.2, 0.25) is 0 Å². The quantitative estimate of drug-likeness (QED) is 0.0235. The van der Waals surface area contributed by atoms with Gasteiger partial charge in [-0.1, -0.05) is 154 Å². The van der Waals surface area contributed by atoms with E-state index in [2.05, 4.69) is 36.5 Å². The molecule has 3 atom stereocenters. The fourth-order valence-electron chi connectivity index (χ4n) is 7.84. The topological polar surface area (TPSA) is 140 Å². The van der Waals surface area contributed by atoms with Crippen LogP contribution in [0.3, 0.4) is 0 Å². The number of aliphatic hydroxyl groups is 3. The van der Waals surface area contributed by atoms with Crippen LogP contribution in [0, 0.1) is 0 Å². The van der Waals surface area contributed by atoms with Crippen molar-refractivity contribution in [3.8, 4) is 0 Å². The van der Waals surface area contributed by atoms with Crippen molar-refractivity contribution in [2.24, 2.45) is 0 Å². The van der Waals surface area contributed by atoms with E-state index in [-0.39, 0.29) is 55.9 Å². The summed E-state index contributed by atoms with van der Waals surface area (Å²) in [7, 11) is 0. The monoisotopic (exact) mass is 933 g/mol. The number of carbonyl (C=O) groups excluding carboxylic acids is 3. The van der Waals surface area contributed by atoms with Gasteiger partial charge >= 0.3 is 17.9 Å². The van der Waals surface area contributed by atoms with Gasteiger partial charge in [0.1, 0.15) is 13.2 Å². The fraction of sp³-hybridized carbons (Fsp3) is 0.842. The molecule has 0 aliphatic carbocycles. The summed E-state index contributed by atoms with van der Waals surface area (Å²) in [5.74, 6) is -0.986. The Bertz CT molecular complexity index is 1110. The van der Waals surface area contributed by atoms with Gasteiger partial charge in [0, 0.05) is 19.3 Å². The van der Waals surface area contributed by atoms with Gasteiger partial charge in [0.25, 0.3) is 0 Å². The minimum absolute atomic E-state index is 0.113. The summed E-state index contributed by atoms with van der Waals surface area (Å²) >= 11 is 0. The van der Waals surface area contributed by atoms with E-state index in [4.69, 9.17) is 14.2 Å². The maximum absolute atomic E-state index is 12.8. The van der Waals surface area contributed by atoms with Crippen molar-refractivity contribution in [3.63, 3.8) is 0 Å². The summed E-state index contributed by atoms with van der Waals surface area (Å²) in [6.45, 7) is 5.85. The van der Waals surface area contributed by atoms with Gasteiger partial charge < -0.3 is 29.5 Å². The lowest BCUT2D eigenvalue weighted by Gasteiger charge is -2.18. The van der Waals surface area contributed by atoms with Crippen molar-refractivity contribution in [3.05, 3.63) is 36.5 Å². The van der Waals surface area contributed by atoms with Crippen molar-refractivity contribution in [2.45, 2.75) is 296 Å². The van der Waals surface area contributed by atoms with Gasteiger partial charge in [-0.05, 0) is 135 Å².